The molecule has 1 radical (unpaired) electrons. The molecule has 0 heterocycles. The van der Waals surface area contributed by atoms with Crippen LogP contribution in [0.2, 0.25) is 0 Å². The van der Waals surface area contributed by atoms with E-state index in [-0.39, 0.29) is 29.6 Å². The number of hydrogen-bond donors (Lipinski definition) is 0. The second-order valence-corrected chi connectivity index (χ2v) is 0.967. The summed E-state index contributed by atoms with van der Waals surface area (Å²) in [5, 5.41) is 0. The molecule has 0 saturated carbocycles. The zero-order chi connectivity index (χ0) is 5.54. The minimum Gasteiger partial charge on any atom is -0.303 e. The van der Waals surface area contributed by atoms with Crippen LogP contribution in [0.15, 0.2) is 12.2 Å². The second kappa shape index (κ2) is 10.1. The van der Waals surface area contributed by atoms with Crippen molar-refractivity contribution in [2.75, 3.05) is 0 Å². The van der Waals surface area contributed by atoms with Gasteiger partial charge in [0.05, 0.1) is 0 Å². The van der Waals surface area contributed by atoms with Crippen LogP contribution in [0.1, 0.15) is 6.42 Å². The largest absolute Gasteiger partial charge is 0.303 e. The van der Waals surface area contributed by atoms with Crippen LogP contribution in [0.5, 0.6) is 0 Å². The Balaban J connectivity index is 0. The average molecular weight is 121 g/mol. The first-order valence-corrected chi connectivity index (χ1v) is 1.95. The van der Waals surface area contributed by atoms with Crippen LogP contribution < -0.4 is 0 Å². The topological polar surface area (TPSA) is 34.1 Å². The van der Waals surface area contributed by atoms with Gasteiger partial charge in [-0.25, -0.2) is 0 Å². The number of rotatable bonds is 3. The van der Waals surface area contributed by atoms with E-state index in [4.69, 9.17) is 0 Å². The molecule has 0 aliphatic carbocycles. The molecule has 0 bridgehead atoms. The van der Waals surface area contributed by atoms with Crippen molar-refractivity contribution in [1.82, 2.24) is 0 Å². The van der Waals surface area contributed by atoms with Gasteiger partial charge in [0.15, 0.2) is 0 Å². The normalized spacial score (nSPS) is 8.00. The molecule has 3 heteroatoms. The number of carbonyl (C=O) groups excluding carboxylic acids is 2. The number of aldehydes is 2. The maximum atomic E-state index is 9.51. The molecule has 0 unspecified atom stereocenters. The molecule has 0 atom stereocenters. The van der Waals surface area contributed by atoms with Gasteiger partial charge in [-0.15, -0.1) is 0 Å². The Kier molecular flexibility index (Phi) is 13.9. The van der Waals surface area contributed by atoms with E-state index < -0.39 is 0 Å². The van der Waals surface area contributed by atoms with Gasteiger partial charge in [-0.1, -0.05) is 6.08 Å². The summed E-state index contributed by atoms with van der Waals surface area (Å²) in [6.45, 7) is 0. The molecule has 8 heavy (non-hydrogen) atoms. The van der Waals surface area contributed by atoms with E-state index in [1.165, 1.54) is 12.2 Å². The molecule has 0 N–H and O–H groups in total. The molecule has 0 aromatic rings. The minimum absolute atomic E-state index is 0. The molecule has 0 saturated heterocycles. The Morgan fingerprint density at radius 3 is 2.25 bits per heavy atom. The van der Waals surface area contributed by atoms with Gasteiger partial charge in [-0.3, -0.25) is 4.79 Å². The molecule has 0 aliphatic rings. The third-order valence-electron chi connectivity index (χ3n) is 0.447. The van der Waals surface area contributed by atoms with Gasteiger partial charge >= 0.3 is 0 Å². The van der Waals surface area contributed by atoms with Crippen LogP contribution in [0, 0.1) is 0 Å². The zero-order valence-electron chi connectivity index (χ0n) is 4.83. The Morgan fingerprint density at radius 2 is 1.88 bits per heavy atom. The van der Waals surface area contributed by atoms with Crippen molar-refractivity contribution in [2.24, 2.45) is 0 Å². The predicted molar refractivity (Wildman–Crippen MR) is 31.6 cm³/mol. The third-order valence-corrected chi connectivity index (χ3v) is 0.447. The van der Waals surface area contributed by atoms with Crippen molar-refractivity contribution in [3.63, 3.8) is 0 Å². The molecular weight excluding hydrogens is 115 g/mol. The fourth-order valence-electron chi connectivity index (χ4n) is 0.190. The standard InChI is InChI=1S/C5H6O2.Na/c6-4-2-1-3-5-7;/h1-2,4-5H,3H2;. The smallest absolute Gasteiger partial charge is 0.142 e. The summed E-state index contributed by atoms with van der Waals surface area (Å²) in [7, 11) is 0. The number of carbonyl (C=O) groups is 2. The van der Waals surface area contributed by atoms with E-state index in [1.807, 2.05) is 0 Å². The van der Waals surface area contributed by atoms with Crippen molar-refractivity contribution >= 4 is 42.1 Å². The van der Waals surface area contributed by atoms with Gasteiger partial charge in [0.2, 0.25) is 0 Å². The molecule has 0 amide bonds. The molecule has 0 aliphatic heterocycles. The van der Waals surface area contributed by atoms with Crippen molar-refractivity contribution in [2.45, 2.75) is 6.42 Å². The predicted octanol–water partition coefficient (Wildman–Crippen LogP) is -0.0503. The Hall–Kier alpha value is 0.0800. The van der Waals surface area contributed by atoms with Crippen LogP contribution in [-0.2, 0) is 9.59 Å². The monoisotopic (exact) mass is 121 g/mol. The Labute approximate surface area is 70.2 Å². The average Bonchev–Trinajstić information content (AvgIpc) is 1.69. The number of allylic oxidation sites excluding steroid dienone is 2. The van der Waals surface area contributed by atoms with Gasteiger partial charge < -0.3 is 4.79 Å². The van der Waals surface area contributed by atoms with Gasteiger partial charge in [-0.2, -0.15) is 0 Å². The quantitative estimate of drug-likeness (QED) is 0.298. The van der Waals surface area contributed by atoms with Crippen LogP contribution in [0.3, 0.4) is 0 Å². The van der Waals surface area contributed by atoms with E-state index in [1.54, 1.807) is 0 Å². The van der Waals surface area contributed by atoms with E-state index >= 15 is 0 Å². The Morgan fingerprint density at radius 1 is 1.25 bits per heavy atom. The van der Waals surface area contributed by atoms with Crippen molar-refractivity contribution in [3.8, 4) is 0 Å². The third kappa shape index (κ3) is 9.43. The first-order valence-electron chi connectivity index (χ1n) is 1.95. The SMILES string of the molecule is O=CC=CCC=O.[Na]. The van der Waals surface area contributed by atoms with Crippen molar-refractivity contribution in [1.29, 1.82) is 0 Å². The first-order chi connectivity index (χ1) is 3.41. The molecule has 0 fully saturated rings. The van der Waals surface area contributed by atoms with E-state index in [2.05, 4.69) is 0 Å². The van der Waals surface area contributed by atoms with Crippen LogP contribution in [0.4, 0.5) is 0 Å². The van der Waals surface area contributed by atoms with Gasteiger partial charge in [0, 0.05) is 36.0 Å². The summed E-state index contributed by atoms with van der Waals surface area (Å²) in [5.74, 6) is 0. The summed E-state index contributed by atoms with van der Waals surface area (Å²) in [6.07, 6.45) is 4.51. The van der Waals surface area contributed by atoms with Crippen molar-refractivity contribution < 1.29 is 9.59 Å². The van der Waals surface area contributed by atoms with Crippen LogP contribution >= 0.6 is 0 Å². The summed E-state index contributed by atoms with van der Waals surface area (Å²) in [6, 6.07) is 0. The maximum absolute atomic E-state index is 9.51. The van der Waals surface area contributed by atoms with Gasteiger partial charge in [0.25, 0.3) is 0 Å². The minimum atomic E-state index is 0. The maximum Gasteiger partial charge on any atom is 0.142 e. The van der Waals surface area contributed by atoms with Gasteiger partial charge in [-0.05, 0) is 6.08 Å². The molecule has 0 aromatic heterocycles. The van der Waals surface area contributed by atoms with E-state index in [9.17, 15) is 9.59 Å². The molecule has 39 valence electrons. The van der Waals surface area contributed by atoms with Crippen LogP contribution in [-0.4, -0.2) is 42.1 Å². The number of hydrogen-bond acceptors (Lipinski definition) is 2. The van der Waals surface area contributed by atoms with Crippen LogP contribution in [0.25, 0.3) is 0 Å². The second-order valence-electron chi connectivity index (χ2n) is 0.967. The summed E-state index contributed by atoms with van der Waals surface area (Å²) < 4.78 is 0. The first kappa shape index (κ1) is 11.0. The Bertz CT molecular complexity index is 88.4. The molecule has 0 aromatic carbocycles. The summed E-state index contributed by atoms with van der Waals surface area (Å²) in [5.41, 5.74) is 0. The summed E-state index contributed by atoms with van der Waals surface area (Å²) in [4.78, 5) is 19.0. The zero-order valence-corrected chi connectivity index (χ0v) is 6.83. The molecule has 2 nitrogen and oxygen atoms in total. The van der Waals surface area contributed by atoms with Gasteiger partial charge in [0.1, 0.15) is 12.6 Å². The fraction of sp³-hybridized carbons (Fsp3) is 0.200. The molecule has 0 spiro atoms. The summed E-state index contributed by atoms with van der Waals surface area (Å²) >= 11 is 0. The van der Waals surface area contributed by atoms with E-state index in [0.717, 1.165) is 6.29 Å². The fourth-order valence-corrected chi connectivity index (χ4v) is 0.190. The molecular formula is C5H6NaO2. The van der Waals surface area contributed by atoms with Crippen molar-refractivity contribution in [3.05, 3.63) is 12.2 Å². The molecule has 0 rings (SSSR count). The van der Waals surface area contributed by atoms with E-state index in [0.29, 0.717) is 12.7 Å².